The summed E-state index contributed by atoms with van der Waals surface area (Å²) >= 11 is 0. The Morgan fingerprint density at radius 3 is 2.92 bits per heavy atom. The van der Waals surface area contributed by atoms with Gasteiger partial charge in [-0.05, 0) is 38.0 Å². The highest BCUT2D eigenvalue weighted by atomic mass is 16.5. The minimum Gasteiger partial charge on any atom is -0.497 e. The van der Waals surface area contributed by atoms with Crippen molar-refractivity contribution in [1.82, 2.24) is 10.1 Å². The van der Waals surface area contributed by atoms with Gasteiger partial charge in [0.2, 0.25) is 5.91 Å². The number of likely N-dealkylation sites (tertiary alicyclic amines) is 1. The highest BCUT2D eigenvalue weighted by Crippen LogP contribution is 2.23. The molecule has 1 unspecified atom stereocenters. The summed E-state index contributed by atoms with van der Waals surface area (Å²) in [6, 6.07) is 8.06. The van der Waals surface area contributed by atoms with E-state index in [1.165, 1.54) is 0 Å². The summed E-state index contributed by atoms with van der Waals surface area (Å²) in [5, 5.41) is 6.45. The number of ether oxygens (including phenoxy) is 1. The van der Waals surface area contributed by atoms with Crippen LogP contribution in [0.15, 0.2) is 34.9 Å². The predicted octanol–water partition coefficient (Wildman–Crippen LogP) is 2.23. The van der Waals surface area contributed by atoms with E-state index < -0.39 is 6.04 Å². The molecule has 2 amide bonds. The Bertz CT molecular complexity index is 756. The van der Waals surface area contributed by atoms with Crippen molar-refractivity contribution in [3.05, 3.63) is 41.7 Å². The molecule has 0 bridgehead atoms. The smallest absolute Gasteiger partial charge is 0.254 e. The molecule has 1 N–H and O–H groups in total. The Balaban J connectivity index is 1.74. The summed E-state index contributed by atoms with van der Waals surface area (Å²) in [6.45, 7) is 2.29. The van der Waals surface area contributed by atoms with Crippen LogP contribution in [0.3, 0.4) is 0 Å². The van der Waals surface area contributed by atoms with Crippen LogP contribution in [0, 0.1) is 6.92 Å². The van der Waals surface area contributed by atoms with Crippen LogP contribution in [0.1, 0.15) is 29.0 Å². The van der Waals surface area contributed by atoms with Crippen molar-refractivity contribution < 1.29 is 18.8 Å². The quantitative estimate of drug-likeness (QED) is 0.930. The van der Waals surface area contributed by atoms with E-state index in [9.17, 15) is 9.59 Å². The van der Waals surface area contributed by atoms with Gasteiger partial charge in [-0.15, -0.1) is 0 Å². The fourth-order valence-corrected chi connectivity index (χ4v) is 2.84. The number of hydrogen-bond donors (Lipinski definition) is 1. The van der Waals surface area contributed by atoms with Gasteiger partial charge in [0.1, 0.15) is 17.6 Å². The monoisotopic (exact) mass is 329 g/mol. The molecule has 24 heavy (non-hydrogen) atoms. The summed E-state index contributed by atoms with van der Waals surface area (Å²) in [6.07, 6.45) is 1.41. The average molecular weight is 329 g/mol. The van der Waals surface area contributed by atoms with Crippen LogP contribution in [0.4, 0.5) is 5.82 Å². The van der Waals surface area contributed by atoms with E-state index in [2.05, 4.69) is 10.5 Å². The molecule has 0 aliphatic carbocycles. The third kappa shape index (κ3) is 3.24. The molecule has 1 aliphatic rings. The van der Waals surface area contributed by atoms with E-state index in [0.29, 0.717) is 35.9 Å². The Kier molecular flexibility index (Phi) is 4.50. The number of carbonyl (C=O) groups excluding carboxylic acids is 2. The SMILES string of the molecule is COc1cccc(C(=O)N2CCCC2C(=O)Nc2cc(C)on2)c1. The number of nitrogens with one attached hydrogen (secondary N) is 1. The van der Waals surface area contributed by atoms with Crippen molar-refractivity contribution >= 4 is 17.6 Å². The first-order valence-corrected chi connectivity index (χ1v) is 7.77. The molecule has 0 spiro atoms. The van der Waals surface area contributed by atoms with Gasteiger partial charge in [0.25, 0.3) is 5.91 Å². The highest BCUT2D eigenvalue weighted by Gasteiger charge is 2.35. The van der Waals surface area contributed by atoms with Crippen molar-refractivity contribution in [2.75, 3.05) is 19.0 Å². The van der Waals surface area contributed by atoms with Crippen LogP contribution in [0.25, 0.3) is 0 Å². The second-order valence-electron chi connectivity index (χ2n) is 5.70. The largest absolute Gasteiger partial charge is 0.497 e. The van der Waals surface area contributed by atoms with E-state index >= 15 is 0 Å². The number of benzene rings is 1. The Morgan fingerprint density at radius 2 is 2.21 bits per heavy atom. The molecule has 0 saturated carbocycles. The molecule has 7 heteroatoms. The lowest BCUT2D eigenvalue weighted by Gasteiger charge is -2.23. The number of aryl methyl sites for hydroxylation is 1. The van der Waals surface area contributed by atoms with Crippen LogP contribution < -0.4 is 10.1 Å². The van der Waals surface area contributed by atoms with E-state index in [4.69, 9.17) is 9.26 Å². The third-order valence-corrected chi connectivity index (χ3v) is 4.01. The number of hydrogen-bond acceptors (Lipinski definition) is 5. The zero-order chi connectivity index (χ0) is 17.1. The van der Waals surface area contributed by atoms with Gasteiger partial charge >= 0.3 is 0 Å². The highest BCUT2D eigenvalue weighted by molar-refractivity contribution is 6.01. The van der Waals surface area contributed by atoms with Gasteiger partial charge < -0.3 is 19.5 Å². The summed E-state index contributed by atoms with van der Waals surface area (Å²) in [5.41, 5.74) is 0.506. The molecule has 1 fully saturated rings. The summed E-state index contributed by atoms with van der Waals surface area (Å²) in [7, 11) is 1.55. The number of carbonyl (C=O) groups is 2. The predicted molar refractivity (Wildman–Crippen MR) is 86.9 cm³/mol. The van der Waals surface area contributed by atoms with Crippen molar-refractivity contribution in [1.29, 1.82) is 0 Å². The van der Waals surface area contributed by atoms with E-state index in [1.807, 2.05) is 0 Å². The number of methoxy groups -OCH3 is 1. The molecule has 7 nitrogen and oxygen atoms in total. The number of anilines is 1. The molecule has 1 aliphatic heterocycles. The molecule has 2 heterocycles. The van der Waals surface area contributed by atoms with Gasteiger partial charge in [0.15, 0.2) is 5.82 Å². The first-order chi connectivity index (χ1) is 11.6. The van der Waals surface area contributed by atoms with Gasteiger partial charge in [-0.25, -0.2) is 0 Å². The van der Waals surface area contributed by atoms with Crippen LogP contribution in [0.2, 0.25) is 0 Å². The van der Waals surface area contributed by atoms with Crippen molar-refractivity contribution in [3.8, 4) is 5.75 Å². The topological polar surface area (TPSA) is 84.7 Å². The zero-order valence-electron chi connectivity index (χ0n) is 13.6. The van der Waals surface area contributed by atoms with Crippen LogP contribution >= 0.6 is 0 Å². The maximum absolute atomic E-state index is 12.7. The van der Waals surface area contributed by atoms with Crippen LogP contribution in [-0.4, -0.2) is 41.6 Å². The Labute approximate surface area is 139 Å². The minimum absolute atomic E-state index is 0.178. The summed E-state index contributed by atoms with van der Waals surface area (Å²) in [5.74, 6) is 1.15. The maximum atomic E-state index is 12.7. The van der Waals surface area contributed by atoms with E-state index in [-0.39, 0.29) is 11.8 Å². The molecule has 1 aromatic carbocycles. The van der Waals surface area contributed by atoms with Crippen molar-refractivity contribution in [3.63, 3.8) is 0 Å². The van der Waals surface area contributed by atoms with Crippen LogP contribution in [0.5, 0.6) is 5.75 Å². The molecule has 0 radical (unpaired) electrons. The van der Waals surface area contributed by atoms with Gasteiger partial charge in [0.05, 0.1) is 7.11 Å². The van der Waals surface area contributed by atoms with E-state index in [0.717, 1.165) is 6.42 Å². The third-order valence-electron chi connectivity index (χ3n) is 4.01. The molecule has 1 atom stereocenters. The van der Waals surface area contributed by atoms with Crippen LogP contribution in [-0.2, 0) is 4.79 Å². The number of aromatic nitrogens is 1. The summed E-state index contributed by atoms with van der Waals surface area (Å²) < 4.78 is 10.1. The fourth-order valence-electron chi connectivity index (χ4n) is 2.84. The Hall–Kier alpha value is -2.83. The molecule has 1 aromatic heterocycles. The second kappa shape index (κ2) is 6.74. The molecule has 126 valence electrons. The first kappa shape index (κ1) is 16.0. The molecule has 1 saturated heterocycles. The molecule has 3 rings (SSSR count). The van der Waals surface area contributed by atoms with E-state index in [1.54, 1.807) is 49.3 Å². The average Bonchev–Trinajstić information content (AvgIpc) is 3.23. The lowest BCUT2D eigenvalue weighted by molar-refractivity contribution is -0.119. The standard InChI is InChI=1S/C17H19N3O4/c1-11-9-15(19-24-11)18-16(21)14-7-4-8-20(14)17(22)12-5-3-6-13(10-12)23-2/h3,5-6,9-10,14H,4,7-8H2,1-2H3,(H,18,19,21). The van der Waals surface area contributed by atoms with Gasteiger partial charge in [-0.2, -0.15) is 0 Å². The molecule has 2 aromatic rings. The lowest BCUT2D eigenvalue weighted by atomic mass is 10.1. The molecular weight excluding hydrogens is 310 g/mol. The Morgan fingerprint density at radius 1 is 1.38 bits per heavy atom. The first-order valence-electron chi connectivity index (χ1n) is 7.77. The minimum atomic E-state index is -0.513. The number of amides is 2. The normalized spacial score (nSPS) is 16.9. The number of nitrogens with zero attached hydrogens (tertiary/aromatic N) is 2. The van der Waals surface area contributed by atoms with Gasteiger partial charge in [-0.1, -0.05) is 11.2 Å². The van der Waals surface area contributed by atoms with Crippen molar-refractivity contribution in [2.24, 2.45) is 0 Å². The second-order valence-corrected chi connectivity index (χ2v) is 5.70. The summed E-state index contributed by atoms with van der Waals surface area (Å²) in [4.78, 5) is 26.8. The molecular formula is C17H19N3O4. The van der Waals surface area contributed by atoms with Gasteiger partial charge in [-0.3, -0.25) is 9.59 Å². The zero-order valence-corrected chi connectivity index (χ0v) is 13.6. The van der Waals surface area contributed by atoms with Crippen molar-refractivity contribution in [2.45, 2.75) is 25.8 Å². The maximum Gasteiger partial charge on any atom is 0.254 e. The fraction of sp³-hybridized carbons (Fsp3) is 0.353. The number of rotatable bonds is 4. The van der Waals surface area contributed by atoms with Gasteiger partial charge in [0, 0.05) is 18.2 Å². The lowest BCUT2D eigenvalue weighted by Crippen LogP contribution is -2.43.